The Morgan fingerprint density at radius 2 is 1.76 bits per heavy atom. The Morgan fingerprint density at radius 1 is 1.00 bits per heavy atom. The van der Waals surface area contributed by atoms with Crippen molar-refractivity contribution in [1.29, 1.82) is 0 Å². The molecule has 2 N–H and O–H groups in total. The first-order chi connectivity index (χ1) is 14.2. The van der Waals surface area contributed by atoms with Crippen molar-refractivity contribution in [3.05, 3.63) is 76.8 Å². The third-order valence-electron chi connectivity index (χ3n) is 4.87. The lowest BCUT2D eigenvalue weighted by atomic mass is 10.1. The fourth-order valence-corrected chi connectivity index (χ4v) is 3.48. The molecule has 0 aliphatic carbocycles. The molecule has 2 aromatic carbocycles. The zero-order valence-corrected chi connectivity index (χ0v) is 17.6. The number of rotatable bonds is 11. The third-order valence-corrected chi connectivity index (χ3v) is 5.12. The Kier molecular flexibility index (Phi) is 8.23. The van der Waals surface area contributed by atoms with E-state index in [0.29, 0.717) is 12.2 Å². The van der Waals surface area contributed by atoms with E-state index in [1.54, 1.807) is 0 Å². The van der Waals surface area contributed by atoms with Gasteiger partial charge < -0.3 is 10.4 Å². The molecule has 1 heterocycles. The standard InChI is InChI=1S/C23H29ClN4O/c1-2-7-22-26-27-23(28(22)20-9-4-3-5-10-20)21(29)15-17-25-16-6-8-18-11-13-19(24)14-12-18/h3-5,9-14,21,25,29H,2,6-8,15-17H2,1H3. The molecule has 29 heavy (non-hydrogen) atoms. The lowest BCUT2D eigenvalue weighted by Gasteiger charge is -2.14. The van der Waals surface area contributed by atoms with Gasteiger partial charge in [0.2, 0.25) is 0 Å². The quantitative estimate of drug-likeness (QED) is 0.454. The molecule has 0 spiro atoms. The molecule has 154 valence electrons. The first kappa shape index (κ1) is 21.5. The monoisotopic (exact) mass is 412 g/mol. The molecule has 0 aliphatic rings. The summed E-state index contributed by atoms with van der Waals surface area (Å²) in [6, 6.07) is 18.0. The van der Waals surface area contributed by atoms with Crippen molar-refractivity contribution >= 4 is 11.6 Å². The van der Waals surface area contributed by atoms with Gasteiger partial charge in [-0.05, 0) is 68.6 Å². The van der Waals surface area contributed by atoms with Gasteiger partial charge in [-0.3, -0.25) is 4.57 Å². The van der Waals surface area contributed by atoms with Crippen LogP contribution in [0.25, 0.3) is 5.69 Å². The molecule has 0 saturated heterocycles. The van der Waals surface area contributed by atoms with E-state index in [-0.39, 0.29) is 0 Å². The summed E-state index contributed by atoms with van der Waals surface area (Å²) in [6.07, 6.45) is 3.80. The van der Waals surface area contributed by atoms with Crippen LogP contribution in [-0.2, 0) is 12.8 Å². The van der Waals surface area contributed by atoms with E-state index in [9.17, 15) is 5.11 Å². The van der Waals surface area contributed by atoms with Crippen molar-refractivity contribution in [3.8, 4) is 5.69 Å². The van der Waals surface area contributed by atoms with E-state index in [1.165, 1.54) is 5.56 Å². The van der Waals surface area contributed by atoms with Crippen molar-refractivity contribution in [1.82, 2.24) is 20.1 Å². The van der Waals surface area contributed by atoms with Crippen molar-refractivity contribution in [2.45, 2.75) is 45.1 Å². The highest BCUT2D eigenvalue weighted by molar-refractivity contribution is 6.30. The molecule has 5 nitrogen and oxygen atoms in total. The number of halogens is 1. The van der Waals surface area contributed by atoms with Gasteiger partial charge in [0.05, 0.1) is 0 Å². The van der Waals surface area contributed by atoms with Crippen LogP contribution in [0.15, 0.2) is 54.6 Å². The van der Waals surface area contributed by atoms with Gasteiger partial charge >= 0.3 is 0 Å². The lowest BCUT2D eigenvalue weighted by Crippen LogP contribution is -2.20. The number of benzene rings is 2. The number of aliphatic hydroxyl groups is 1. The Bertz CT molecular complexity index is 864. The van der Waals surface area contributed by atoms with Gasteiger partial charge in [0.25, 0.3) is 0 Å². The summed E-state index contributed by atoms with van der Waals surface area (Å²) in [5.41, 5.74) is 2.28. The van der Waals surface area contributed by atoms with Crippen LogP contribution < -0.4 is 5.32 Å². The van der Waals surface area contributed by atoms with Gasteiger partial charge in [-0.25, -0.2) is 0 Å². The fourth-order valence-electron chi connectivity index (χ4n) is 3.35. The van der Waals surface area contributed by atoms with Gasteiger partial charge in [0.1, 0.15) is 11.9 Å². The molecule has 3 rings (SSSR count). The summed E-state index contributed by atoms with van der Waals surface area (Å²) in [6.45, 7) is 3.75. The highest BCUT2D eigenvalue weighted by atomic mass is 35.5. The summed E-state index contributed by atoms with van der Waals surface area (Å²) in [5.74, 6) is 1.51. The summed E-state index contributed by atoms with van der Waals surface area (Å²) >= 11 is 5.92. The van der Waals surface area contributed by atoms with Gasteiger partial charge in [0, 0.05) is 17.1 Å². The summed E-state index contributed by atoms with van der Waals surface area (Å²) in [5, 5.41) is 23.5. The van der Waals surface area contributed by atoms with Crippen LogP contribution in [0.2, 0.25) is 5.02 Å². The minimum absolute atomic E-state index is 0.595. The fraction of sp³-hybridized carbons (Fsp3) is 0.391. The van der Waals surface area contributed by atoms with E-state index in [2.05, 4.69) is 34.6 Å². The predicted molar refractivity (Wildman–Crippen MR) is 118 cm³/mol. The van der Waals surface area contributed by atoms with Gasteiger partial charge in [-0.2, -0.15) is 0 Å². The predicted octanol–water partition coefficient (Wildman–Crippen LogP) is 4.52. The molecule has 1 atom stereocenters. The van der Waals surface area contributed by atoms with Crippen LogP contribution in [0.1, 0.15) is 49.5 Å². The van der Waals surface area contributed by atoms with E-state index in [4.69, 9.17) is 11.6 Å². The molecule has 0 radical (unpaired) electrons. The maximum Gasteiger partial charge on any atom is 0.166 e. The molecule has 6 heteroatoms. The second kappa shape index (κ2) is 11.1. The number of hydrogen-bond donors (Lipinski definition) is 2. The summed E-state index contributed by atoms with van der Waals surface area (Å²) in [7, 11) is 0. The van der Waals surface area contributed by atoms with Crippen molar-refractivity contribution in [2.75, 3.05) is 13.1 Å². The smallest absolute Gasteiger partial charge is 0.166 e. The zero-order chi connectivity index (χ0) is 20.5. The number of aryl methyl sites for hydroxylation is 2. The van der Waals surface area contributed by atoms with Crippen molar-refractivity contribution in [2.24, 2.45) is 0 Å². The molecule has 0 fully saturated rings. The van der Waals surface area contributed by atoms with Crippen LogP contribution in [-0.4, -0.2) is 33.0 Å². The molecule has 0 aliphatic heterocycles. The van der Waals surface area contributed by atoms with Crippen LogP contribution in [0.3, 0.4) is 0 Å². The summed E-state index contributed by atoms with van der Waals surface area (Å²) < 4.78 is 1.99. The number of nitrogens with one attached hydrogen (secondary N) is 1. The van der Waals surface area contributed by atoms with E-state index >= 15 is 0 Å². The maximum absolute atomic E-state index is 10.7. The molecule has 1 aromatic heterocycles. The van der Waals surface area contributed by atoms with E-state index < -0.39 is 6.10 Å². The molecule has 0 saturated carbocycles. The Morgan fingerprint density at radius 3 is 2.48 bits per heavy atom. The second-order valence-corrected chi connectivity index (χ2v) is 7.62. The van der Waals surface area contributed by atoms with Gasteiger partial charge in [-0.1, -0.05) is 48.9 Å². The lowest BCUT2D eigenvalue weighted by molar-refractivity contribution is 0.155. The van der Waals surface area contributed by atoms with E-state index in [0.717, 1.165) is 55.3 Å². The van der Waals surface area contributed by atoms with Crippen molar-refractivity contribution < 1.29 is 5.11 Å². The van der Waals surface area contributed by atoms with Gasteiger partial charge in [0.15, 0.2) is 5.82 Å². The Labute approximate surface area is 177 Å². The summed E-state index contributed by atoms with van der Waals surface area (Å²) in [4.78, 5) is 0. The molecule has 1 unspecified atom stereocenters. The van der Waals surface area contributed by atoms with Crippen LogP contribution in [0.4, 0.5) is 0 Å². The zero-order valence-electron chi connectivity index (χ0n) is 16.9. The average Bonchev–Trinajstić information content (AvgIpc) is 3.16. The third kappa shape index (κ3) is 6.13. The normalized spacial score (nSPS) is 12.2. The highest BCUT2D eigenvalue weighted by Gasteiger charge is 2.19. The SMILES string of the molecule is CCCc1nnc(C(O)CCNCCCc2ccc(Cl)cc2)n1-c1ccccc1. The van der Waals surface area contributed by atoms with E-state index in [1.807, 2.05) is 47.0 Å². The molecular formula is C23H29ClN4O. The topological polar surface area (TPSA) is 63.0 Å². The minimum Gasteiger partial charge on any atom is -0.385 e. The second-order valence-electron chi connectivity index (χ2n) is 7.18. The molecule has 0 amide bonds. The average molecular weight is 413 g/mol. The maximum atomic E-state index is 10.7. The number of aliphatic hydroxyl groups excluding tert-OH is 1. The number of para-hydroxylation sites is 1. The van der Waals surface area contributed by atoms with Crippen molar-refractivity contribution in [3.63, 3.8) is 0 Å². The molecular weight excluding hydrogens is 384 g/mol. The Balaban J connectivity index is 1.50. The first-order valence-electron chi connectivity index (χ1n) is 10.3. The minimum atomic E-state index is -0.655. The molecule has 0 bridgehead atoms. The van der Waals surface area contributed by atoms with Crippen LogP contribution in [0.5, 0.6) is 0 Å². The Hall–Kier alpha value is -2.21. The molecule has 3 aromatic rings. The van der Waals surface area contributed by atoms with Crippen LogP contribution >= 0.6 is 11.6 Å². The highest BCUT2D eigenvalue weighted by Crippen LogP contribution is 2.21. The first-order valence-corrected chi connectivity index (χ1v) is 10.7. The number of hydrogen-bond acceptors (Lipinski definition) is 4. The number of aromatic nitrogens is 3. The largest absolute Gasteiger partial charge is 0.385 e. The van der Waals surface area contributed by atoms with Gasteiger partial charge in [-0.15, -0.1) is 10.2 Å². The number of nitrogens with zero attached hydrogens (tertiary/aromatic N) is 3. The van der Waals surface area contributed by atoms with Crippen LogP contribution in [0, 0.1) is 0 Å².